The van der Waals surface area contributed by atoms with Crippen molar-refractivity contribution in [3.05, 3.63) is 35.4 Å². The minimum absolute atomic E-state index is 0.184. The molecule has 1 heterocycles. The summed E-state index contributed by atoms with van der Waals surface area (Å²) in [6.45, 7) is 4.04. The van der Waals surface area contributed by atoms with Gasteiger partial charge in [-0.15, -0.1) is 0 Å². The van der Waals surface area contributed by atoms with E-state index in [2.05, 4.69) is 17.6 Å². The summed E-state index contributed by atoms with van der Waals surface area (Å²) >= 11 is 0. The lowest BCUT2D eigenvalue weighted by atomic mass is 9.99. The summed E-state index contributed by atoms with van der Waals surface area (Å²) < 4.78 is 26.5. The first-order valence-electron chi connectivity index (χ1n) is 8.09. The lowest BCUT2D eigenvalue weighted by Gasteiger charge is -2.30. The lowest BCUT2D eigenvalue weighted by Crippen LogP contribution is -2.45. The molecule has 2 rings (SSSR count). The van der Waals surface area contributed by atoms with Crippen molar-refractivity contribution in [2.24, 2.45) is 5.92 Å². The second-order valence-corrected chi connectivity index (χ2v) is 6.25. The molecule has 0 bridgehead atoms. The van der Waals surface area contributed by atoms with Crippen LogP contribution in [0.5, 0.6) is 0 Å². The number of nitrogens with one attached hydrogen (secondary N) is 2. The van der Waals surface area contributed by atoms with Crippen molar-refractivity contribution in [2.45, 2.75) is 25.8 Å². The van der Waals surface area contributed by atoms with Crippen molar-refractivity contribution in [2.75, 3.05) is 26.7 Å². The van der Waals surface area contributed by atoms with Crippen molar-refractivity contribution >= 4 is 11.8 Å². The highest BCUT2D eigenvalue weighted by atomic mass is 19.2. The molecule has 24 heavy (non-hydrogen) atoms. The maximum Gasteiger partial charge on any atom is 0.246 e. The Morgan fingerprint density at radius 3 is 2.50 bits per heavy atom. The van der Waals surface area contributed by atoms with E-state index in [1.165, 1.54) is 13.1 Å². The monoisotopic (exact) mass is 339 g/mol. The first kappa shape index (κ1) is 18.3. The second-order valence-electron chi connectivity index (χ2n) is 6.25. The van der Waals surface area contributed by atoms with Crippen LogP contribution >= 0.6 is 0 Å². The Balaban J connectivity index is 2.04. The third-order valence-electron chi connectivity index (χ3n) is 4.33. The van der Waals surface area contributed by atoms with Gasteiger partial charge in [-0.25, -0.2) is 8.78 Å². The molecule has 0 spiro atoms. The largest absolute Gasteiger partial charge is 0.357 e. The minimum atomic E-state index is -1.05. The Labute approximate surface area is 140 Å². The maximum atomic E-state index is 13.4. The molecular formula is C17H23F2N3O2. The molecule has 7 heteroatoms. The number of likely N-dealkylation sites (tertiary alicyclic amines) is 1. The number of carbonyl (C=O) groups excluding carboxylic acids is 2. The predicted molar refractivity (Wildman–Crippen MR) is 86.1 cm³/mol. The normalized spacial score (nSPS) is 17.3. The number of benzene rings is 1. The summed E-state index contributed by atoms with van der Waals surface area (Å²) in [5, 5.41) is 5.04. The first-order valence-corrected chi connectivity index (χ1v) is 8.09. The molecule has 1 aliphatic heterocycles. The molecule has 1 unspecified atom stereocenters. The maximum absolute atomic E-state index is 13.4. The average molecular weight is 339 g/mol. The van der Waals surface area contributed by atoms with Crippen LogP contribution in [0.1, 0.15) is 31.4 Å². The molecule has 1 aromatic rings. The van der Waals surface area contributed by atoms with Gasteiger partial charge in [-0.05, 0) is 49.5 Å². The first-order chi connectivity index (χ1) is 11.4. The fourth-order valence-corrected chi connectivity index (χ4v) is 2.77. The third kappa shape index (κ3) is 4.74. The van der Waals surface area contributed by atoms with E-state index in [4.69, 9.17) is 0 Å². The number of rotatable bonds is 5. The van der Waals surface area contributed by atoms with Gasteiger partial charge in [0.2, 0.25) is 11.8 Å². The van der Waals surface area contributed by atoms with Crippen molar-refractivity contribution in [1.82, 2.24) is 15.5 Å². The van der Waals surface area contributed by atoms with Crippen LogP contribution in [0, 0.1) is 17.6 Å². The smallest absolute Gasteiger partial charge is 0.246 e. The zero-order valence-electron chi connectivity index (χ0n) is 13.9. The number of halogens is 2. The van der Waals surface area contributed by atoms with Gasteiger partial charge in [0.05, 0.1) is 6.54 Å². The van der Waals surface area contributed by atoms with E-state index in [-0.39, 0.29) is 18.0 Å². The molecule has 1 aliphatic rings. The van der Waals surface area contributed by atoms with E-state index < -0.39 is 23.6 Å². The molecule has 0 saturated carbocycles. The number of amides is 2. The number of piperidine rings is 1. The van der Waals surface area contributed by atoms with Gasteiger partial charge in [0.1, 0.15) is 6.04 Å². The van der Waals surface area contributed by atoms with Gasteiger partial charge >= 0.3 is 0 Å². The van der Waals surface area contributed by atoms with Gasteiger partial charge in [-0.2, -0.15) is 0 Å². The number of hydrogen-bond acceptors (Lipinski definition) is 3. The van der Waals surface area contributed by atoms with Crippen LogP contribution in [0.4, 0.5) is 8.78 Å². The zero-order chi connectivity index (χ0) is 17.7. The summed E-state index contributed by atoms with van der Waals surface area (Å²) in [7, 11) is 1.42. The fourth-order valence-electron chi connectivity index (χ4n) is 2.77. The molecule has 0 aliphatic carbocycles. The third-order valence-corrected chi connectivity index (χ3v) is 4.33. The van der Waals surface area contributed by atoms with Crippen LogP contribution in [0.3, 0.4) is 0 Å². The Kier molecular flexibility index (Phi) is 6.25. The van der Waals surface area contributed by atoms with Crippen LogP contribution in [0.25, 0.3) is 0 Å². The lowest BCUT2D eigenvalue weighted by molar-refractivity contribution is -0.129. The molecule has 132 valence electrons. The van der Waals surface area contributed by atoms with E-state index in [1.54, 1.807) is 0 Å². The number of hydrogen-bond donors (Lipinski definition) is 2. The summed E-state index contributed by atoms with van der Waals surface area (Å²) in [6.07, 6.45) is 2.07. The molecule has 2 amide bonds. The molecule has 1 atom stereocenters. The topological polar surface area (TPSA) is 61.4 Å². The molecule has 0 aromatic heterocycles. The zero-order valence-corrected chi connectivity index (χ0v) is 13.9. The van der Waals surface area contributed by atoms with Gasteiger partial charge < -0.3 is 10.6 Å². The Morgan fingerprint density at radius 1 is 1.25 bits per heavy atom. The highest BCUT2D eigenvalue weighted by Gasteiger charge is 2.25. The minimum Gasteiger partial charge on any atom is -0.357 e. The van der Waals surface area contributed by atoms with Crippen molar-refractivity contribution in [3.8, 4) is 0 Å². The Hall–Kier alpha value is -2.02. The van der Waals surface area contributed by atoms with E-state index in [1.807, 2.05) is 4.90 Å². The summed E-state index contributed by atoms with van der Waals surface area (Å²) in [6, 6.07) is 2.11. The van der Waals surface area contributed by atoms with Crippen LogP contribution in [0.2, 0.25) is 0 Å². The predicted octanol–water partition coefficient (Wildman–Crippen LogP) is 1.60. The Morgan fingerprint density at radius 2 is 1.92 bits per heavy atom. The van der Waals surface area contributed by atoms with Gasteiger partial charge in [-0.1, -0.05) is 13.0 Å². The number of carbonyl (C=O) groups is 2. The van der Waals surface area contributed by atoms with Gasteiger partial charge in [0.25, 0.3) is 0 Å². The van der Waals surface area contributed by atoms with Gasteiger partial charge in [0.15, 0.2) is 11.6 Å². The van der Waals surface area contributed by atoms with Crippen molar-refractivity contribution in [1.29, 1.82) is 0 Å². The van der Waals surface area contributed by atoms with Crippen LogP contribution < -0.4 is 10.6 Å². The molecule has 2 N–H and O–H groups in total. The molecule has 0 radical (unpaired) electrons. The standard InChI is InChI=1S/C17H23F2N3O2/c1-11-5-7-22(8-6-11)10-15(23)21-16(17(24)20-2)12-3-4-13(18)14(19)9-12/h3-4,9,11,16H,5-8,10H2,1-2H3,(H,20,24)(H,21,23). The van der Waals surface area contributed by atoms with E-state index in [0.29, 0.717) is 5.92 Å². The Bertz CT molecular complexity index is 601. The van der Waals surface area contributed by atoms with Crippen LogP contribution in [-0.4, -0.2) is 43.4 Å². The molecular weight excluding hydrogens is 316 g/mol. The summed E-state index contributed by atoms with van der Waals surface area (Å²) in [5.74, 6) is -2.20. The molecule has 1 fully saturated rings. The number of nitrogens with zero attached hydrogens (tertiary/aromatic N) is 1. The van der Waals surface area contributed by atoms with Crippen molar-refractivity contribution in [3.63, 3.8) is 0 Å². The van der Waals surface area contributed by atoms with Crippen LogP contribution in [-0.2, 0) is 9.59 Å². The van der Waals surface area contributed by atoms with E-state index in [0.717, 1.165) is 38.1 Å². The number of likely N-dealkylation sites (N-methyl/N-ethyl adjacent to an activating group) is 1. The summed E-state index contributed by atoms with van der Waals surface area (Å²) in [5.41, 5.74) is 0.203. The van der Waals surface area contributed by atoms with E-state index >= 15 is 0 Å². The van der Waals surface area contributed by atoms with Crippen molar-refractivity contribution < 1.29 is 18.4 Å². The van der Waals surface area contributed by atoms with E-state index in [9.17, 15) is 18.4 Å². The van der Waals surface area contributed by atoms with Crippen LogP contribution in [0.15, 0.2) is 18.2 Å². The quantitative estimate of drug-likeness (QED) is 0.857. The van der Waals surface area contributed by atoms with Gasteiger partial charge in [0, 0.05) is 7.05 Å². The van der Waals surface area contributed by atoms with Gasteiger partial charge in [-0.3, -0.25) is 14.5 Å². The summed E-state index contributed by atoms with van der Waals surface area (Å²) in [4.78, 5) is 26.3. The highest BCUT2D eigenvalue weighted by molar-refractivity contribution is 5.89. The SMILES string of the molecule is CNC(=O)C(NC(=O)CN1CCC(C)CC1)c1ccc(F)c(F)c1. The molecule has 1 saturated heterocycles. The second kappa shape index (κ2) is 8.19. The fraction of sp³-hybridized carbons (Fsp3) is 0.529. The molecule has 1 aromatic carbocycles. The average Bonchev–Trinajstić information content (AvgIpc) is 2.56. The highest BCUT2D eigenvalue weighted by Crippen LogP contribution is 2.18. The molecule has 5 nitrogen and oxygen atoms in total.